The van der Waals surface area contributed by atoms with Gasteiger partial charge in [0.25, 0.3) is 0 Å². The Morgan fingerprint density at radius 3 is 2.60 bits per heavy atom. The third-order valence-corrected chi connectivity index (χ3v) is 4.51. The second-order valence-electron chi connectivity index (χ2n) is 5.46. The number of carboxylic acids is 1. The molecule has 0 aromatic carbocycles. The summed E-state index contributed by atoms with van der Waals surface area (Å²) in [6, 6.07) is 5.46. The maximum atomic E-state index is 11.4. The number of carbonyl (C=O) groups is 2. The van der Waals surface area contributed by atoms with Crippen LogP contribution in [0.2, 0.25) is 0 Å². The van der Waals surface area contributed by atoms with Crippen molar-refractivity contribution in [2.75, 3.05) is 0 Å². The number of thiophene rings is 1. The summed E-state index contributed by atoms with van der Waals surface area (Å²) in [4.78, 5) is 23.9. The van der Waals surface area contributed by atoms with Gasteiger partial charge in [0, 0.05) is 28.6 Å². The van der Waals surface area contributed by atoms with Gasteiger partial charge in [0.05, 0.1) is 0 Å². The topological polar surface area (TPSA) is 59.3 Å². The highest BCUT2D eigenvalue weighted by Gasteiger charge is 2.25. The second-order valence-corrected chi connectivity index (χ2v) is 6.41. The number of ketones is 1. The number of carbonyl (C=O) groups excluding carboxylic acids is 1. The number of hydrogen-bond acceptors (Lipinski definition) is 3. The van der Waals surface area contributed by atoms with Crippen molar-refractivity contribution in [1.29, 1.82) is 0 Å². The fourth-order valence-electron chi connectivity index (χ4n) is 2.18. The second kappa shape index (κ2) is 5.25. The van der Waals surface area contributed by atoms with E-state index in [9.17, 15) is 14.7 Å². The smallest absolute Gasteiger partial charge is 0.352 e. The molecule has 0 aliphatic carbocycles. The first-order chi connectivity index (χ1) is 9.31. The largest absolute Gasteiger partial charge is 0.477 e. The van der Waals surface area contributed by atoms with Crippen LogP contribution in [0.5, 0.6) is 0 Å². The molecule has 0 saturated carbocycles. The Hall–Kier alpha value is -1.88. The standard InChI is InChI=1S/C15H17NO3S/c1-10(17)11-7-12(14(18)19)16(8-11)9-15(2,3)13-5-4-6-20-13/h4-8H,9H2,1-3H3,(H,18,19). The zero-order valence-corrected chi connectivity index (χ0v) is 12.5. The van der Waals surface area contributed by atoms with E-state index in [4.69, 9.17) is 0 Å². The molecule has 0 radical (unpaired) electrons. The van der Waals surface area contributed by atoms with Crippen LogP contribution in [0.25, 0.3) is 0 Å². The number of hydrogen-bond donors (Lipinski definition) is 1. The molecule has 106 valence electrons. The molecular weight excluding hydrogens is 274 g/mol. The van der Waals surface area contributed by atoms with Gasteiger partial charge in [0.1, 0.15) is 5.69 Å². The number of aromatic carboxylic acids is 1. The molecular formula is C15H17NO3S. The van der Waals surface area contributed by atoms with Crippen LogP contribution in [-0.2, 0) is 12.0 Å². The van der Waals surface area contributed by atoms with E-state index in [0.29, 0.717) is 12.1 Å². The highest BCUT2D eigenvalue weighted by molar-refractivity contribution is 7.10. The Bertz CT molecular complexity index is 638. The summed E-state index contributed by atoms with van der Waals surface area (Å²) in [6.45, 7) is 6.09. The molecule has 0 fully saturated rings. The summed E-state index contributed by atoms with van der Waals surface area (Å²) in [5.41, 5.74) is 0.398. The summed E-state index contributed by atoms with van der Waals surface area (Å²) in [7, 11) is 0. The van der Waals surface area contributed by atoms with Crippen molar-refractivity contribution >= 4 is 23.1 Å². The number of nitrogens with zero attached hydrogens (tertiary/aromatic N) is 1. The summed E-state index contributed by atoms with van der Waals surface area (Å²) in [5.74, 6) is -1.14. The van der Waals surface area contributed by atoms with Crippen LogP contribution in [0.3, 0.4) is 0 Å². The van der Waals surface area contributed by atoms with Crippen LogP contribution in [0, 0.1) is 0 Å². The third kappa shape index (κ3) is 2.82. The van der Waals surface area contributed by atoms with Crippen molar-refractivity contribution in [1.82, 2.24) is 4.57 Å². The summed E-state index contributed by atoms with van der Waals surface area (Å²) < 4.78 is 1.65. The quantitative estimate of drug-likeness (QED) is 0.859. The molecule has 2 aromatic heterocycles. The lowest BCUT2D eigenvalue weighted by atomic mass is 9.91. The zero-order chi connectivity index (χ0) is 14.9. The average molecular weight is 291 g/mol. The Morgan fingerprint density at radius 1 is 1.40 bits per heavy atom. The van der Waals surface area contributed by atoms with Crippen molar-refractivity contribution < 1.29 is 14.7 Å². The third-order valence-electron chi connectivity index (χ3n) is 3.28. The fraction of sp³-hybridized carbons (Fsp3) is 0.333. The Morgan fingerprint density at radius 2 is 2.10 bits per heavy atom. The summed E-state index contributed by atoms with van der Waals surface area (Å²) in [6.07, 6.45) is 1.63. The number of carboxylic acid groups (broad SMARTS) is 1. The van der Waals surface area contributed by atoms with Crippen molar-refractivity contribution in [3.8, 4) is 0 Å². The van der Waals surface area contributed by atoms with Crippen LogP contribution >= 0.6 is 11.3 Å². The lowest BCUT2D eigenvalue weighted by Crippen LogP contribution is -2.25. The van der Waals surface area contributed by atoms with Crippen LogP contribution in [0.15, 0.2) is 29.8 Å². The maximum Gasteiger partial charge on any atom is 0.352 e. The molecule has 2 rings (SSSR count). The Kier molecular flexibility index (Phi) is 3.81. The highest BCUT2D eigenvalue weighted by atomic mass is 32.1. The van der Waals surface area contributed by atoms with Gasteiger partial charge in [-0.05, 0) is 24.4 Å². The van der Waals surface area contributed by atoms with Gasteiger partial charge in [0.15, 0.2) is 5.78 Å². The number of aromatic nitrogens is 1. The molecule has 5 heteroatoms. The molecule has 20 heavy (non-hydrogen) atoms. The van der Waals surface area contributed by atoms with Gasteiger partial charge in [-0.15, -0.1) is 11.3 Å². The van der Waals surface area contributed by atoms with Crippen LogP contribution in [0.1, 0.15) is 46.5 Å². The minimum absolute atomic E-state index is 0.125. The normalized spacial score (nSPS) is 11.6. The Balaban J connectivity index is 2.38. The summed E-state index contributed by atoms with van der Waals surface area (Å²) >= 11 is 1.65. The molecule has 0 bridgehead atoms. The van der Waals surface area contributed by atoms with Crippen LogP contribution in [0.4, 0.5) is 0 Å². The zero-order valence-electron chi connectivity index (χ0n) is 11.7. The molecule has 2 aromatic rings. The van der Waals surface area contributed by atoms with Gasteiger partial charge in [-0.25, -0.2) is 4.79 Å². The molecule has 0 unspecified atom stereocenters. The van der Waals surface area contributed by atoms with Crippen LogP contribution < -0.4 is 0 Å². The van der Waals surface area contributed by atoms with Gasteiger partial charge in [0.2, 0.25) is 0 Å². The molecule has 1 N–H and O–H groups in total. The number of rotatable bonds is 5. The molecule has 0 atom stereocenters. The SMILES string of the molecule is CC(=O)c1cc(C(=O)O)n(CC(C)(C)c2cccs2)c1. The number of Topliss-reactive ketones (excluding diaryl/α,β-unsaturated/α-hetero) is 1. The predicted molar refractivity (Wildman–Crippen MR) is 78.7 cm³/mol. The molecule has 0 spiro atoms. The fourth-order valence-corrected chi connectivity index (χ4v) is 3.02. The highest BCUT2D eigenvalue weighted by Crippen LogP contribution is 2.30. The molecule has 2 heterocycles. The van der Waals surface area contributed by atoms with Crippen molar-refractivity contribution in [3.05, 3.63) is 45.9 Å². The molecule has 0 saturated heterocycles. The first-order valence-electron chi connectivity index (χ1n) is 6.29. The van der Waals surface area contributed by atoms with Crippen molar-refractivity contribution in [3.63, 3.8) is 0 Å². The minimum atomic E-state index is -1.01. The summed E-state index contributed by atoms with van der Waals surface area (Å²) in [5, 5.41) is 11.3. The lowest BCUT2D eigenvalue weighted by molar-refractivity contribution is 0.0683. The first-order valence-corrected chi connectivity index (χ1v) is 7.17. The lowest BCUT2D eigenvalue weighted by Gasteiger charge is -2.24. The van der Waals surface area contributed by atoms with E-state index in [-0.39, 0.29) is 16.9 Å². The van der Waals surface area contributed by atoms with E-state index in [1.54, 1.807) is 22.1 Å². The van der Waals surface area contributed by atoms with Gasteiger partial charge in [-0.1, -0.05) is 19.9 Å². The predicted octanol–water partition coefficient (Wildman–Crippen LogP) is 3.43. The van der Waals surface area contributed by atoms with Crippen molar-refractivity contribution in [2.45, 2.75) is 32.7 Å². The van der Waals surface area contributed by atoms with E-state index >= 15 is 0 Å². The molecule has 0 amide bonds. The van der Waals surface area contributed by atoms with E-state index in [1.165, 1.54) is 17.9 Å². The molecule has 4 nitrogen and oxygen atoms in total. The van der Waals surface area contributed by atoms with E-state index in [0.717, 1.165) is 0 Å². The van der Waals surface area contributed by atoms with E-state index in [2.05, 4.69) is 13.8 Å². The maximum absolute atomic E-state index is 11.4. The average Bonchev–Trinajstić information content (AvgIpc) is 2.96. The van der Waals surface area contributed by atoms with Gasteiger partial charge >= 0.3 is 5.97 Å². The van der Waals surface area contributed by atoms with Gasteiger partial charge in [-0.3, -0.25) is 4.79 Å². The minimum Gasteiger partial charge on any atom is -0.477 e. The van der Waals surface area contributed by atoms with E-state index < -0.39 is 5.97 Å². The molecule has 0 aliphatic rings. The van der Waals surface area contributed by atoms with Gasteiger partial charge in [-0.2, -0.15) is 0 Å². The van der Waals surface area contributed by atoms with Crippen LogP contribution in [-0.4, -0.2) is 21.4 Å². The van der Waals surface area contributed by atoms with E-state index in [1.807, 2.05) is 17.5 Å². The Labute approximate surface area is 121 Å². The monoisotopic (exact) mass is 291 g/mol. The van der Waals surface area contributed by atoms with Crippen molar-refractivity contribution in [2.24, 2.45) is 0 Å². The van der Waals surface area contributed by atoms with Gasteiger partial charge < -0.3 is 9.67 Å². The first kappa shape index (κ1) is 14.5. The molecule has 0 aliphatic heterocycles.